The molecule has 5 rings (SSSR count). The first-order chi connectivity index (χ1) is 14.8. The smallest absolute Gasteiger partial charge is 0.0880 e. The summed E-state index contributed by atoms with van der Waals surface area (Å²) in [7, 11) is -1.51. The fraction of sp³-hybridized carbons (Fsp3) is 0.250. The lowest BCUT2D eigenvalue weighted by Gasteiger charge is -2.21. The van der Waals surface area contributed by atoms with Crippen molar-refractivity contribution in [3.05, 3.63) is 72.4 Å². The molecule has 0 N–H and O–H groups in total. The van der Waals surface area contributed by atoms with Crippen molar-refractivity contribution in [3.63, 3.8) is 0 Å². The van der Waals surface area contributed by atoms with E-state index in [0.29, 0.717) is 5.92 Å². The third-order valence-electron chi connectivity index (χ3n) is 6.07. The summed E-state index contributed by atoms with van der Waals surface area (Å²) in [5.41, 5.74) is 3.83. The molecule has 0 aliphatic rings. The highest BCUT2D eigenvalue weighted by molar-refractivity contribution is 7.26. The fourth-order valence-corrected chi connectivity index (χ4v) is 7.61. The Bertz CT molecular complexity index is 1420. The minimum absolute atomic E-state index is 0.646. The second-order valence-corrected chi connectivity index (χ2v) is 16.1. The molecule has 0 saturated carbocycles. The van der Waals surface area contributed by atoms with E-state index < -0.39 is 8.07 Å². The van der Waals surface area contributed by atoms with Gasteiger partial charge in [-0.05, 0) is 40.8 Å². The number of hydrogen-bond acceptors (Lipinski definition) is 2. The molecule has 2 heterocycles. The maximum Gasteiger partial charge on any atom is 0.0880 e. The molecule has 3 aromatic carbocycles. The summed E-state index contributed by atoms with van der Waals surface area (Å²) < 4.78 is 2.73. The Kier molecular flexibility index (Phi) is 4.99. The van der Waals surface area contributed by atoms with Gasteiger partial charge in [-0.25, -0.2) is 0 Å². The van der Waals surface area contributed by atoms with Crippen molar-refractivity contribution in [1.29, 1.82) is 0 Å². The topological polar surface area (TPSA) is 12.9 Å². The van der Waals surface area contributed by atoms with Crippen molar-refractivity contribution in [3.8, 4) is 11.3 Å². The van der Waals surface area contributed by atoms with Crippen molar-refractivity contribution in [1.82, 2.24) is 4.98 Å². The van der Waals surface area contributed by atoms with Gasteiger partial charge in [0.25, 0.3) is 0 Å². The quantitative estimate of drug-likeness (QED) is 0.258. The highest BCUT2D eigenvalue weighted by atomic mass is 32.1. The number of rotatable bonds is 4. The molecule has 156 valence electrons. The van der Waals surface area contributed by atoms with Crippen LogP contribution in [0.25, 0.3) is 42.2 Å². The Morgan fingerprint density at radius 1 is 0.839 bits per heavy atom. The number of pyridine rings is 1. The second kappa shape index (κ2) is 7.58. The monoisotopic (exact) mass is 439 g/mol. The molecule has 5 aromatic rings. The summed E-state index contributed by atoms with van der Waals surface area (Å²) in [6, 6.07) is 22.6. The first-order valence-corrected chi connectivity index (χ1v) is 15.5. The van der Waals surface area contributed by atoms with Gasteiger partial charge in [0.1, 0.15) is 0 Å². The Labute approximate surface area is 189 Å². The molecule has 0 saturated heterocycles. The van der Waals surface area contributed by atoms with E-state index in [1.807, 2.05) is 17.5 Å². The van der Waals surface area contributed by atoms with Crippen molar-refractivity contribution in [2.75, 3.05) is 0 Å². The summed E-state index contributed by atoms with van der Waals surface area (Å²) in [6.07, 6.45) is 3.10. The van der Waals surface area contributed by atoms with Crippen molar-refractivity contribution in [2.45, 2.75) is 39.9 Å². The van der Waals surface area contributed by atoms with Gasteiger partial charge >= 0.3 is 0 Å². The Hall–Kier alpha value is -2.49. The van der Waals surface area contributed by atoms with E-state index in [1.165, 1.54) is 47.3 Å². The van der Waals surface area contributed by atoms with E-state index in [2.05, 4.69) is 94.2 Å². The lowest BCUT2D eigenvalue weighted by molar-refractivity contribution is 0.650. The minimum Gasteiger partial charge on any atom is -0.255 e. The zero-order chi connectivity index (χ0) is 21.8. The summed E-state index contributed by atoms with van der Waals surface area (Å²) in [5.74, 6) is 0.646. The molecule has 0 unspecified atom stereocenters. The molecule has 0 aliphatic heterocycles. The molecular weight excluding hydrogens is 410 g/mol. The largest absolute Gasteiger partial charge is 0.255 e. The van der Waals surface area contributed by atoms with Gasteiger partial charge in [0, 0.05) is 27.2 Å². The molecular formula is C28H29NSSi. The van der Waals surface area contributed by atoms with Gasteiger partial charge in [0.2, 0.25) is 0 Å². The molecule has 0 bridgehead atoms. The van der Waals surface area contributed by atoms with Gasteiger partial charge in [-0.15, -0.1) is 11.3 Å². The first kappa shape index (κ1) is 20.4. The molecule has 0 amide bonds. The van der Waals surface area contributed by atoms with Crippen LogP contribution in [-0.2, 0) is 6.42 Å². The molecule has 0 fully saturated rings. The molecule has 2 aromatic heterocycles. The number of benzene rings is 3. The van der Waals surface area contributed by atoms with E-state index in [1.54, 1.807) is 0 Å². The van der Waals surface area contributed by atoms with Gasteiger partial charge in [-0.2, -0.15) is 0 Å². The molecule has 31 heavy (non-hydrogen) atoms. The number of aromatic nitrogens is 1. The van der Waals surface area contributed by atoms with Crippen molar-refractivity contribution >= 4 is 55.5 Å². The number of hydrogen-bond donors (Lipinski definition) is 0. The molecule has 0 spiro atoms. The Morgan fingerprint density at radius 3 is 2.35 bits per heavy atom. The lowest BCUT2D eigenvalue weighted by atomic mass is 10.0. The maximum absolute atomic E-state index is 4.92. The predicted octanol–water partition coefficient (Wildman–Crippen LogP) is 8.01. The van der Waals surface area contributed by atoms with Crippen LogP contribution in [-0.4, -0.2) is 13.1 Å². The van der Waals surface area contributed by atoms with Crippen LogP contribution in [0, 0.1) is 5.92 Å². The first-order valence-electron chi connectivity index (χ1n) is 11.2. The van der Waals surface area contributed by atoms with Gasteiger partial charge in [-0.3, -0.25) is 4.98 Å². The van der Waals surface area contributed by atoms with Gasteiger partial charge in [0.15, 0.2) is 0 Å². The molecule has 0 radical (unpaired) electrons. The Morgan fingerprint density at radius 2 is 1.58 bits per heavy atom. The van der Waals surface area contributed by atoms with E-state index in [4.69, 9.17) is 4.98 Å². The van der Waals surface area contributed by atoms with E-state index in [0.717, 1.165) is 12.1 Å². The van der Waals surface area contributed by atoms with Crippen LogP contribution in [0.2, 0.25) is 19.6 Å². The average molecular weight is 440 g/mol. The standard InChI is InChI=1S/C28H29NSSi/c1-18(2)15-20-10-8-12-23-24-13-14-29-26(28(24)30-27(20)23)21-16-19-9-6-7-11-22(19)25(17-21)31(3,4)5/h6-14,16-18H,15H2,1-5H3. The van der Waals surface area contributed by atoms with Crippen LogP contribution in [0.4, 0.5) is 0 Å². The molecule has 0 aliphatic carbocycles. The maximum atomic E-state index is 4.92. The third-order valence-corrected chi connectivity index (χ3v) is 9.40. The van der Waals surface area contributed by atoms with Crippen LogP contribution in [0.1, 0.15) is 19.4 Å². The van der Waals surface area contributed by atoms with E-state index >= 15 is 0 Å². The van der Waals surface area contributed by atoms with Crippen LogP contribution >= 0.6 is 11.3 Å². The summed E-state index contributed by atoms with van der Waals surface area (Å²) in [4.78, 5) is 4.92. The number of fused-ring (bicyclic) bond motifs is 4. The Balaban J connectivity index is 1.81. The predicted molar refractivity (Wildman–Crippen MR) is 142 cm³/mol. The normalized spacial score (nSPS) is 12.5. The zero-order valence-corrected chi connectivity index (χ0v) is 20.8. The number of nitrogens with zero attached hydrogens (tertiary/aromatic N) is 1. The fourth-order valence-electron chi connectivity index (χ4n) is 4.66. The van der Waals surface area contributed by atoms with Gasteiger partial charge in [0.05, 0.1) is 18.5 Å². The number of thiophene rings is 1. The van der Waals surface area contributed by atoms with Crippen molar-refractivity contribution < 1.29 is 0 Å². The van der Waals surface area contributed by atoms with E-state index in [9.17, 15) is 0 Å². The summed E-state index contributed by atoms with van der Waals surface area (Å²) in [5, 5.41) is 6.93. The van der Waals surface area contributed by atoms with Crippen LogP contribution in [0.3, 0.4) is 0 Å². The van der Waals surface area contributed by atoms with Crippen LogP contribution in [0.5, 0.6) is 0 Å². The summed E-state index contributed by atoms with van der Waals surface area (Å²) in [6.45, 7) is 11.9. The van der Waals surface area contributed by atoms with Crippen molar-refractivity contribution in [2.24, 2.45) is 5.92 Å². The lowest BCUT2D eigenvalue weighted by Crippen LogP contribution is -2.38. The molecule has 1 nitrogen and oxygen atoms in total. The molecule has 0 atom stereocenters. The van der Waals surface area contributed by atoms with Gasteiger partial charge in [-0.1, -0.05) is 87.2 Å². The molecule has 3 heteroatoms. The summed E-state index contributed by atoms with van der Waals surface area (Å²) >= 11 is 1.92. The third kappa shape index (κ3) is 3.60. The average Bonchev–Trinajstić information content (AvgIpc) is 3.12. The van der Waals surface area contributed by atoms with Crippen LogP contribution in [0.15, 0.2) is 66.9 Å². The highest BCUT2D eigenvalue weighted by Gasteiger charge is 2.22. The highest BCUT2D eigenvalue weighted by Crippen LogP contribution is 2.41. The van der Waals surface area contributed by atoms with Gasteiger partial charge < -0.3 is 0 Å². The second-order valence-electron chi connectivity index (χ2n) is 10.0. The SMILES string of the molecule is CC(C)Cc1cccc2c1sc1c(-c3cc([Si](C)(C)C)c4ccccc4c3)nccc12. The van der Waals surface area contributed by atoms with E-state index in [-0.39, 0.29) is 0 Å². The minimum atomic E-state index is -1.51. The zero-order valence-electron chi connectivity index (χ0n) is 19.0. The van der Waals surface area contributed by atoms with Crippen LogP contribution < -0.4 is 5.19 Å².